The molecule has 0 atom stereocenters. The lowest BCUT2D eigenvalue weighted by Crippen LogP contribution is -2.25. The number of hydrazone groups is 2. The molecule has 0 spiro atoms. The Morgan fingerprint density at radius 3 is 1.78 bits per heavy atom. The predicted molar refractivity (Wildman–Crippen MR) is 134 cm³/mol. The van der Waals surface area contributed by atoms with Gasteiger partial charge in [-0.25, -0.2) is 9.97 Å². The highest BCUT2D eigenvalue weighted by atomic mass is 19.3. The Balaban J connectivity index is 1.47. The molecule has 0 unspecified atom stereocenters. The summed E-state index contributed by atoms with van der Waals surface area (Å²) in [6, 6.07) is 13.3. The normalized spacial score (nSPS) is 14.4. The van der Waals surface area contributed by atoms with Gasteiger partial charge < -0.3 is 9.47 Å². The van der Waals surface area contributed by atoms with Crippen LogP contribution in [-0.2, 0) is 0 Å². The molecule has 0 saturated heterocycles. The number of rotatable bonds is 7. The van der Waals surface area contributed by atoms with Crippen molar-refractivity contribution >= 4 is 23.1 Å². The summed E-state index contributed by atoms with van der Waals surface area (Å²) in [6.07, 6.45) is 2.96. The number of fused-ring (bicyclic) bond motifs is 1. The third kappa shape index (κ3) is 5.64. The summed E-state index contributed by atoms with van der Waals surface area (Å²) < 4.78 is 36.1. The number of nitrogens with one attached hydrogen (secondary N) is 2. The van der Waals surface area contributed by atoms with E-state index in [2.05, 4.69) is 50.5 Å². The summed E-state index contributed by atoms with van der Waals surface area (Å²) in [6.45, 7) is 3.67. The highest BCUT2D eigenvalue weighted by molar-refractivity contribution is 5.99. The third-order valence-corrected chi connectivity index (χ3v) is 5.26. The Kier molecular flexibility index (Phi) is 6.37. The van der Waals surface area contributed by atoms with Crippen LogP contribution in [0.25, 0.3) is 11.4 Å². The minimum Gasteiger partial charge on any atom is -0.395 e. The van der Waals surface area contributed by atoms with Crippen LogP contribution in [0, 0.1) is 0 Å². The van der Waals surface area contributed by atoms with E-state index >= 15 is 0 Å². The fourth-order valence-electron chi connectivity index (χ4n) is 3.38. The van der Waals surface area contributed by atoms with E-state index in [9.17, 15) is 8.78 Å². The summed E-state index contributed by atoms with van der Waals surface area (Å²) in [5.74, 6) is 0.734. The molecule has 2 N–H and O–H groups in total. The van der Waals surface area contributed by atoms with E-state index in [-0.39, 0.29) is 17.3 Å². The number of pyridine rings is 2. The van der Waals surface area contributed by atoms with Gasteiger partial charge in [0.15, 0.2) is 29.0 Å². The van der Waals surface area contributed by atoms with Crippen molar-refractivity contribution in [2.45, 2.75) is 20.1 Å². The molecule has 1 aliphatic rings. The van der Waals surface area contributed by atoms with Crippen LogP contribution >= 0.6 is 0 Å². The van der Waals surface area contributed by atoms with Gasteiger partial charge in [0.25, 0.3) is 0 Å². The van der Waals surface area contributed by atoms with Gasteiger partial charge in [-0.2, -0.15) is 10.2 Å². The van der Waals surface area contributed by atoms with Crippen LogP contribution in [0.15, 0.2) is 83.5 Å². The lowest BCUT2D eigenvalue weighted by Gasteiger charge is -2.09. The molecule has 186 valence electrons. The molecule has 0 aliphatic carbocycles. The highest BCUT2D eigenvalue weighted by Gasteiger charge is 2.43. The Morgan fingerprint density at radius 1 is 0.730 bits per heavy atom. The first-order chi connectivity index (χ1) is 17.9. The summed E-state index contributed by atoms with van der Waals surface area (Å²) in [5, 5.41) is 8.79. The van der Waals surface area contributed by atoms with E-state index in [0.717, 1.165) is 11.1 Å². The van der Waals surface area contributed by atoms with Crippen LogP contribution in [0.3, 0.4) is 0 Å². The monoisotopic (exact) mass is 502 g/mol. The molecule has 0 saturated carbocycles. The first-order valence-corrected chi connectivity index (χ1v) is 11.1. The van der Waals surface area contributed by atoms with Gasteiger partial charge in [0.1, 0.15) is 0 Å². The number of nitrogens with zero attached hydrogens (tertiary/aromatic N) is 6. The zero-order valence-corrected chi connectivity index (χ0v) is 19.7. The number of halogens is 2. The van der Waals surface area contributed by atoms with Crippen molar-refractivity contribution in [2.24, 2.45) is 10.2 Å². The molecule has 0 radical (unpaired) electrons. The van der Waals surface area contributed by atoms with Crippen molar-refractivity contribution in [1.82, 2.24) is 19.9 Å². The van der Waals surface area contributed by atoms with E-state index < -0.39 is 6.29 Å². The number of alkyl halides is 2. The zero-order valence-electron chi connectivity index (χ0n) is 19.7. The fraction of sp³-hybridized carbons (Fsp3) is 0.120. The maximum atomic E-state index is 13.5. The number of aromatic nitrogens is 4. The third-order valence-electron chi connectivity index (χ3n) is 5.26. The first-order valence-electron chi connectivity index (χ1n) is 11.1. The molecular formula is C25H20F2N8O2. The van der Waals surface area contributed by atoms with Gasteiger partial charge in [0.05, 0.1) is 11.4 Å². The van der Waals surface area contributed by atoms with Crippen LogP contribution in [0.2, 0.25) is 0 Å². The standard InChI is InChI=1S/C25H20F2N8O2/c1-15(17-5-9-28-10-6-17)32-34-22-14-23(35-33-16(2)18-7-11-29-12-8-18)31-24(30-22)19-3-4-20-21(13-19)37-25(26,27)36-20/h3-14H,1-2H3,(H2,30,31,34,35). The summed E-state index contributed by atoms with van der Waals surface area (Å²) in [7, 11) is 0. The van der Waals surface area contributed by atoms with Crippen molar-refractivity contribution in [3.8, 4) is 22.9 Å². The average Bonchev–Trinajstić information content (AvgIpc) is 3.24. The van der Waals surface area contributed by atoms with Gasteiger partial charge in [-0.1, -0.05) is 0 Å². The van der Waals surface area contributed by atoms with E-state index in [1.165, 1.54) is 12.1 Å². The van der Waals surface area contributed by atoms with Crippen LogP contribution in [0.1, 0.15) is 25.0 Å². The Labute approximate surface area is 210 Å². The molecule has 0 amide bonds. The highest BCUT2D eigenvalue weighted by Crippen LogP contribution is 2.42. The van der Waals surface area contributed by atoms with Gasteiger partial charge in [0, 0.05) is 47.5 Å². The quantitative estimate of drug-likeness (QED) is 0.270. The van der Waals surface area contributed by atoms with Gasteiger partial charge in [-0.15, -0.1) is 8.78 Å². The van der Waals surface area contributed by atoms with Crippen LogP contribution in [0.4, 0.5) is 20.4 Å². The van der Waals surface area contributed by atoms with Crippen molar-refractivity contribution in [3.63, 3.8) is 0 Å². The second-order valence-electron chi connectivity index (χ2n) is 7.88. The maximum Gasteiger partial charge on any atom is 0.586 e. The van der Waals surface area contributed by atoms with Crippen molar-refractivity contribution in [2.75, 3.05) is 10.9 Å². The second kappa shape index (κ2) is 9.93. The maximum absolute atomic E-state index is 13.5. The van der Waals surface area contributed by atoms with Crippen molar-refractivity contribution < 1.29 is 18.3 Å². The van der Waals surface area contributed by atoms with Crippen LogP contribution in [0.5, 0.6) is 11.5 Å². The Hall–Kier alpha value is -5.00. The molecule has 0 fully saturated rings. The van der Waals surface area contributed by atoms with Gasteiger partial charge in [-0.3, -0.25) is 20.8 Å². The van der Waals surface area contributed by atoms with E-state index in [4.69, 9.17) is 0 Å². The molecule has 3 aromatic heterocycles. The number of hydrogen-bond donors (Lipinski definition) is 2. The minimum atomic E-state index is -3.73. The fourth-order valence-corrected chi connectivity index (χ4v) is 3.38. The summed E-state index contributed by atoms with van der Waals surface area (Å²) in [4.78, 5) is 17.0. The molecule has 4 aromatic rings. The Morgan fingerprint density at radius 2 is 1.24 bits per heavy atom. The minimum absolute atomic E-state index is 0.0727. The van der Waals surface area contributed by atoms with E-state index in [1.54, 1.807) is 36.9 Å². The molecule has 10 nitrogen and oxygen atoms in total. The molecule has 4 heterocycles. The van der Waals surface area contributed by atoms with Gasteiger partial charge in [-0.05, 0) is 56.3 Å². The molecule has 1 aliphatic heterocycles. The lowest BCUT2D eigenvalue weighted by molar-refractivity contribution is -0.286. The first kappa shape index (κ1) is 23.7. The Bertz CT molecular complexity index is 1410. The van der Waals surface area contributed by atoms with E-state index in [0.29, 0.717) is 28.6 Å². The number of ether oxygens (including phenoxy) is 2. The number of benzene rings is 1. The lowest BCUT2D eigenvalue weighted by atomic mass is 10.2. The largest absolute Gasteiger partial charge is 0.586 e. The smallest absolute Gasteiger partial charge is 0.395 e. The average molecular weight is 502 g/mol. The van der Waals surface area contributed by atoms with E-state index in [1.807, 2.05) is 38.1 Å². The van der Waals surface area contributed by atoms with Crippen molar-refractivity contribution in [3.05, 3.63) is 84.4 Å². The molecular weight excluding hydrogens is 482 g/mol. The zero-order chi connectivity index (χ0) is 25.8. The molecule has 37 heavy (non-hydrogen) atoms. The number of hydrogen-bond acceptors (Lipinski definition) is 10. The molecule has 12 heteroatoms. The van der Waals surface area contributed by atoms with Crippen molar-refractivity contribution in [1.29, 1.82) is 0 Å². The van der Waals surface area contributed by atoms with Crippen LogP contribution < -0.4 is 20.3 Å². The SMILES string of the molecule is CC(=NNc1cc(NN=C(C)c2ccncc2)nc(-c2ccc3c(c2)OC(F)(F)O3)n1)c1ccncc1. The summed E-state index contributed by atoms with van der Waals surface area (Å²) in [5.41, 5.74) is 9.43. The number of anilines is 2. The molecule has 1 aromatic carbocycles. The van der Waals surface area contributed by atoms with Crippen LogP contribution in [-0.4, -0.2) is 37.7 Å². The predicted octanol–water partition coefficient (Wildman–Crippen LogP) is 4.93. The summed E-state index contributed by atoms with van der Waals surface area (Å²) >= 11 is 0. The second-order valence-corrected chi connectivity index (χ2v) is 7.88. The van der Waals surface area contributed by atoms with Gasteiger partial charge >= 0.3 is 6.29 Å². The molecule has 5 rings (SSSR count). The molecule has 0 bridgehead atoms. The topological polar surface area (TPSA) is 119 Å². The van der Waals surface area contributed by atoms with Gasteiger partial charge in [0.2, 0.25) is 0 Å².